The topological polar surface area (TPSA) is 96.4 Å². The Hall–Kier alpha value is -2.61. The fourth-order valence-electron chi connectivity index (χ4n) is 3.42. The SMILES string of the molecule is COC(=O)CC1C(=O)N(C)Cc2cc(CCCCO)ccc2N1C(=O)OC(C)(C)C. The monoisotopic (exact) mass is 420 g/mol. The molecule has 0 aliphatic carbocycles. The molecule has 0 saturated carbocycles. The smallest absolute Gasteiger partial charge is 0.415 e. The number of anilines is 1. The van der Waals surface area contributed by atoms with Gasteiger partial charge in [-0.2, -0.15) is 0 Å². The van der Waals surface area contributed by atoms with Crippen LogP contribution in [0.1, 0.15) is 51.2 Å². The van der Waals surface area contributed by atoms with E-state index in [1.807, 2.05) is 12.1 Å². The highest BCUT2D eigenvalue weighted by atomic mass is 16.6. The van der Waals surface area contributed by atoms with Gasteiger partial charge in [-0.05, 0) is 57.2 Å². The second-order valence-corrected chi connectivity index (χ2v) is 8.48. The molecule has 1 unspecified atom stereocenters. The highest BCUT2D eigenvalue weighted by molar-refractivity contribution is 6.01. The molecule has 0 radical (unpaired) electrons. The first-order valence-electron chi connectivity index (χ1n) is 10.1. The number of aryl methyl sites for hydroxylation is 1. The lowest BCUT2D eigenvalue weighted by molar-refractivity contribution is -0.144. The minimum Gasteiger partial charge on any atom is -0.469 e. The van der Waals surface area contributed by atoms with E-state index in [2.05, 4.69) is 0 Å². The van der Waals surface area contributed by atoms with Crippen molar-refractivity contribution in [3.63, 3.8) is 0 Å². The van der Waals surface area contributed by atoms with Crippen LogP contribution in [0, 0.1) is 0 Å². The molecule has 0 fully saturated rings. The van der Waals surface area contributed by atoms with Crippen LogP contribution in [0.15, 0.2) is 18.2 Å². The average Bonchev–Trinajstić information content (AvgIpc) is 2.75. The van der Waals surface area contributed by atoms with Crippen LogP contribution in [0.25, 0.3) is 0 Å². The first kappa shape index (κ1) is 23.7. The van der Waals surface area contributed by atoms with Crippen molar-refractivity contribution < 1.29 is 29.0 Å². The number of likely N-dealkylation sites (N-methyl/N-ethyl adjacent to an activating group) is 1. The van der Waals surface area contributed by atoms with Gasteiger partial charge in [0.25, 0.3) is 0 Å². The second-order valence-electron chi connectivity index (χ2n) is 8.48. The van der Waals surface area contributed by atoms with E-state index >= 15 is 0 Å². The van der Waals surface area contributed by atoms with Crippen LogP contribution >= 0.6 is 0 Å². The average molecular weight is 421 g/mol. The zero-order valence-corrected chi connectivity index (χ0v) is 18.4. The molecule has 2 amide bonds. The van der Waals surface area contributed by atoms with Gasteiger partial charge in [0, 0.05) is 20.2 Å². The van der Waals surface area contributed by atoms with Crippen LogP contribution in [0.4, 0.5) is 10.5 Å². The summed E-state index contributed by atoms with van der Waals surface area (Å²) >= 11 is 0. The minimum atomic E-state index is -1.06. The van der Waals surface area contributed by atoms with Crippen molar-refractivity contribution in [1.29, 1.82) is 0 Å². The normalized spacial score (nSPS) is 16.7. The third-order valence-corrected chi connectivity index (χ3v) is 4.84. The van der Waals surface area contributed by atoms with Gasteiger partial charge < -0.3 is 19.5 Å². The fraction of sp³-hybridized carbons (Fsp3) is 0.591. The first-order valence-corrected chi connectivity index (χ1v) is 10.1. The van der Waals surface area contributed by atoms with E-state index in [1.54, 1.807) is 33.9 Å². The number of methoxy groups -OCH3 is 1. The molecule has 8 nitrogen and oxygen atoms in total. The van der Waals surface area contributed by atoms with E-state index in [4.69, 9.17) is 14.6 Å². The van der Waals surface area contributed by atoms with Gasteiger partial charge in [-0.1, -0.05) is 12.1 Å². The van der Waals surface area contributed by atoms with E-state index in [9.17, 15) is 14.4 Å². The number of hydrogen-bond acceptors (Lipinski definition) is 6. The molecule has 1 aliphatic heterocycles. The van der Waals surface area contributed by atoms with Gasteiger partial charge in [0.1, 0.15) is 11.6 Å². The van der Waals surface area contributed by atoms with Crippen LogP contribution in [-0.2, 0) is 32.0 Å². The molecule has 1 N–H and O–H groups in total. The maximum absolute atomic E-state index is 13.1. The van der Waals surface area contributed by atoms with E-state index in [-0.39, 0.29) is 18.9 Å². The number of aliphatic hydroxyl groups excluding tert-OH is 1. The van der Waals surface area contributed by atoms with Gasteiger partial charge in [-0.25, -0.2) is 4.79 Å². The third kappa shape index (κ3) is 5.95. The van der Waals surface area contributed by atoms with Gasteiger partial charge in [0.15, 0.2) is 0 Å². The van der Waals surface area contributed by atoms with Gasteiger partial charge in [0.2, 0.25) is 5.91 Å². The Morgan fingerprint density at radius 1 is 1.23 bits per heavy atom. The van der Waals surface area contributed by atoms with Crippen molar-refractivity contribution in [1.82, 2.24) is 4.90 Å². The molecular formula is C22H32N2O6. The Bertz CT molecular complexity index is 786. The fourth-order valence-corrected chi connectivity index (χ4v) is 3.42. The summed E-state index contributed by atoms with van der Waals surface area (Å²) in [5.74, 6) is -0.941. The zero-order chi connectivity index (χ0) is 22.5. The van der Waals surface area contributed by atoms with Gasteiger partial charge in [-0.3, -0.25) is 14.5 Å². The molecule has 1 heterocycles. The summed E-state index contributed by atoms with van der Waals surface area (Å²) in [4.78, 5) is 41.0. The largest absolute Gasteiger partial charge is 0.469 e. The number of fused-ring (bicyclic) bond motifs is 1. The van der Waals surface area contributed by atoms with Crippen molar-refractivity contribution in [2.45, 2.75) is 64.6 Å². The summed E-state index contributed by atoms with van der Waals surface area (Å²) in [5.41, 5.74) is 1.63. The van der Waals surface area contributed by atoms with E-state index < -0.39 is 23.7 Å². The van der Waals surface area contributed by atoms with Crippen LogP contribution in [0.5, 0.6) is 0 Å². The summed E-state index contributed by atoms with van der Waals surface area (Å²) in [5, 5.41) is 9.01. The Morgan fingerprint density at radius 3 is 2.53 bits per heavy atom. The number of hydrogen-bond donors (Lipinski definition) is 1. The number of ether oxygens (including phenoxy) is 2. The van der Waals surface area contributed by atoms with Crippen LogP contribution in [0.2, 0.25) is 0 Å². The molecule has 0 saturated heterocycles. The maximum atomic E-state index is 13.1. The molecular weight excluding hydrogens is 388 g/mol. The summed E-state index contributed by atoms with van der Waals surface area (Å²) in [6, 6.07) is 4.61. The number of nitrogens with zero attached hydrogens (tertiary/aromatic N) is 2. The van der Waals surface area contributed by atoms with Gasteiger partial charge in [0.05, 0.1) is 19.2 Å². The highest BCUT2D eigenvalue weighted by Gasteiger charge is 2.40. The number of carbonyl (C=O) groups is 3. The lowest BCUT2D eigenvalue weighted by Crippen LogP contribution is -2.51. The first-order chi connectivity index (χ1) is 14.1. The predicted octanol–water partition coefficient (Wildman–Crippen LogP) is 2.65. The van der Waals surface area contributed by atoms with E-state index in [1.165, 1.54) is 16.9 Å². The molecule has 0 bridgehead atoms. The molecule has 2 rings (SSSR count). The molecule has 166 valence electrons. The zero-order valence-electron chi connectivity index (χ0n) is 18.4. The van der Waals surface area contributed by atoms with Gasteiger partial charge in [-0.15, -0.1) is 0 Å². The lowest BCUT2D eigenvalue weighted by atomic mass is 10.0. The number of unbranched alkanes of at least 4 members (excludes halogenated alkanes) is 1. The molecule has 1 aromatic carbocycles. The summed E-state index contributed by atoms with van der Waals surface area (Å²) in [6.45, 7) is 5.69. The minimum absolute atomic E-state index is 0.143. The van der Waals surface area contributed by atoms with Crippen LogP contribution in [0.3, 0.4) is 0 Å². The predicted molar refractivity (Wildman–Crippen MR) is 112 cm³/mol. The molecule has 0 spiro atoms. The number of aliphatic hydroxyl groups is 1. The molecule has 8 heteroatoms. The molecule has 1 aromatic rings. The standard InChI is InChI=1S/C22H32N2O6/c1-22(2,3)30-21(28)24-17-10-9-15(8-6-7-11-25)12-16(17)14-23(4)20(27)18(24)13-19(26)29-5/h9-10,12,18,25H,6-8,11,13-14H2,1-5H3. The maximum Gasteiger partial charge on any atom is 0.415 e. The number of esters is 1. The van der Waals surface area contributed by atoms with Crippen molar-refractivity contribution in [3.8, 4) is 0 Å². The molecule has 0 aromatic heterocycles. The number of rotatable bonds is 6. The Labute approximate surface area is 177 Å². The number of carbonyl (C=O) groups excluding carboxylic acids is 3. The van der Waals surface area contributed by atoms with E-state index in [0.29, 0.717) is 18.7 Å². The lowest BCUT2D eigenvalue weighted by Gasteiger charge is -2.32. The van der Waals surface area contributed by atoms with Crippen molar-refractivity contribution in [2.75, 3.05) is 25.7 Å². The second kappa shape index (κ2) is 9.93. The molecule has 1 aliphatic rings. The molecule has 30 heavy (non-hydrogen) atoms. The summed E-state index contributed by atoms with van der Waals surface area (Å²) < 4.78 is 10.3. The van der Waals surface area contributed by atoms with Crippen molar-refractivity contribution in [3.05, 3.63) is 29.3 Å². The number of benzene rings is 1. The van der Waals surface area contributed by atoms with Crippen LogP contribution < -0.4 is 4.90 Å². The summed E-state index contributed by atoms with van der Waals surface area (Å²) in [7, 11) is 2.89. The summed E-state index contributed by atoms with van der Waals surface area (Å²) in [6.07, 6.45) is 1.38. The Kier molecular flexibility index (Phi) is 7.83. The molecule has 1 atom stereocenters. The highest BCUT2D eigenvalue weighted by Crippen LogP contribution is 2.32. The van der Waals surface area contributed by atoms with Crippen molar-refractivity contribution >= 4 is 23.7 Å². The van der Waals surface area contributed by atoms with Crippen molar-refractivity contribution in [2.24, 2.45) is 0 Å². The van der Waals surface area contributed by atoms with Gasteiger partial charge >= 0.3 is 12.1 Å². The Balaban J connectivity index is 2.50. The van der Waals surface area contributed by atoms with Crippen LogP contribution in [-0.4, -0.2) is 60.4 Å². The van der Waals surface area contributed by atoms with E-state index in [0.717, 1.165) is 24.0 Å². The quantitative estimate of drug-likeness (QED) is 0.561. The number of amides is 2. The Morgan fingerprint density at radius 2 is 1.93 bits per heavy atom. The third-order valence-electron chi connectivity index (χ3n) is 4.84.